The second-order valence-corrected chi connectivity index (χ2v) is 7.95. The summed E-state index contributed by atoms with van der Waals surface area (Å²) < 4.78 is 30.6. The smallest absolute Gasteiger partial charge is 0.179 e. The maximum Gasteiger partial charge on any atom is 0.179 e. The van der Waals surface area contributed by atoms with Gasteiger partial charge in [-0.25, -0.2) is 8.42 Å². The lowest BCUT2D eigenvalue weighted by Gasteiger charge is -2.18. The fraction of sp³-hybridized carbons (Fsp3) is 0.235. The van der Waals surface area contributed by atoms with Crippen LogP contribution in [0, 0.1) is 0 Å². The Balaban J connectivity index is 1.56. The van der Waals surface area contributed by atoms with E-state index in [1.54, 1.807) is 18.3 Å². The molecule has 2 aromatic heterocycles. The average Bonchev–Trinajstić information content (AvgIpc) is 3.22. The Kier molecular flexibility index (Phi) is 3.74. The summed E-state index contributed by atoms with van der Waals surface area (Å²) in [5, 5.41) is 6.78. The van der Waals surface area contributed by atoms with E-state index < -0.39 is 9.84 Å². The van der Waals surface area contributed by atoms with E-state index in [1.807, 2.05) is 30.3 Å². The number of rotatable bonds is 3. The fourth-order valence-electron chi connectivity index (χ4n) is 2.97. The molecule has 0 radical (unpaired) electrons. The molecule has 3 heterocycles. The second-order valence-electron chi connectivity index (χ2n) is 5.87. The summed E-state index contributed by atoms with van der Waals surface area (Å²) in [6, 6.07) is 12.9. The highest BCUT2D eigenvalue weighted by molar-refractivity contribution is 7.91. The van der Waals surface area contributed by atoms with Crippen molar-refractivity contribution in [3.8, 4) is 11.5 Å². The normalized spacial score (nSPS) is 17.3. The standard InChI is InChI=1S/C17H17N3O3S/c21-24(22)10-9-20(11-13-3-1-2-4-17(13)24)12-14-5-6-16(23-14)15-7-8-18-19-15/h1-8H,9-12H2,(H,18,19). The predicted molar refractivity (Wildman–Crippen MR) is 88.9 cm³/mol. The zero-order valence-electron chi connectivity index (χ0n) is 13.0. The lowest BCUT2D eigenvalue weighted by molar-refractivity contribution is 0.251. The molecule has 1 aromatic carbocycles. The van der Waals surface area contributed by atoms with E-state index in [1.165, 1.54) is 0 Å². The molecule has 7 heteroatoms. The van der Waals surface area contributed by atoms with Gasteiger partial charge in [0.2, 0.25) is 0 Å². The molecule has 0 bridgehead atoms. The van der Waals surface area contributed by atoms with E-state index >= 15 is 0 Å². The summed E-state index contributed by atoms with van der Waals surface area (Å²) in [5.74, 6) is 1.65. The number of fused-ring (bicyclic) bond motifs is 1. The molecular weight excluding hydrogens is 326 g/mol. The molecule has 0 saturated carbocycles. The summed E-state index contributed by atoms with van der Waals surface area (Å²) >= 11 is 0. The first-order valence-electron chi connectivity index (χ1n) is 7.73. The monoisotopic (exact) mass is 343 g/mol. The highest BCUT2D eigenvalue weighted by Crippen LogP contribution is 2.25. The number of hydrogen-bond acceptors (Lipinski definition) is 5. The van der Waals surface area contributed by atoms with Crippen molar-refractivity contribution < 1.29 is 12.8 Å². The van der Waals surface area contributed by atoms with Gasteiger partial charge in [0.05, 0.1) is 17.2 Å². The van der Waals surface area contributed by atoms with Crippen molar-refractivity contribution in [1.29, 1.82) is 0 Å². The Labute approximate surface area is 140 Å². The van der Waals surface area contributed by atoms with Crippen LogP contribution in [0.3, 0.4) is 0 Å². The van der Waals surface area contributed by atoms with Gasteiger partial charge in [0.25, 0.3) is 0 Å². The van der Waals surface area contributed by atoms with Crippen LogP contribution in [0.5, 0.6) is 0 Å². The number of aromatic amines is 1. The predicted octanol–water partition coefficient (Wildman–Crippen LogP) is 2.46. The molecule has 0 fully saturated rings. The van der Waals surface area contributed by atoms with E-state index in [2.05, 4.69) is 15.1 Å². The van der Waals surface area contributed by atoms with Gasteiger partial charge < -0.3 is 4.42 Å². The van der Waals surface area contributed by atoms with Crippen molar-refractivity contribution in [2.75, 3.05) is 12.3 Å². The Bertz CT molecular complexity index is 945. The molecule has 124 valence electrons. The van der Waals surface area contributed by atoms with Gasteiger partial charge >= 0.3 is 0 Å². The third-order valence-electron chi connectivity index (χ3n) is 4.19. The van der Waals surface area contributed by atoms with Crippen LogP contribution in [-0.4, -0.2) is 35.8 Å². The maximum atomic E-state index is 12.4. The quantitative estimate of drug-likeness (QED) is 0.790. The fourth-order valence-corrected chi connectivity index (χ4v) is 4.51. The molecule has 0 saturated heterocycles. The lowest BCUT2D eigenvalue weighted by atomic mass is 10.2. The molecule has 1 aliphatic rings. The van der Waals surface area contributed by atoms with Crippen LogP contribution < -0.4 is 0 Å². The number of benzene rings is 1. The molecule has 1 aliphatic heterocycles. The molecule has 4 rings (SSSR count). The van der Waals surface area contributed by atoms with Crippen LogP contribution in [-0.2, 0) is 22.9 Å². The average molecular weight is 343 g/mol. The number of nitrogens with one attached hydrogen (secondary N) is 1. The first-order valence-corrected chi connectivity index (χ1v) is 9.38. The molecule has 0 amide bonds. The van der Waals surface area contributed by atoms with Gasteiger partial charge in [-0.3, -0.25) is 10.00 Å². The molecule has 0 unspecified atom stereocenters. The van der Waals surface area contributed by atoms with Gasteiger partial charge in [-0.2, -0.15) is 5.10 Å². The van der Waals surface area contributed by atoms with Crippen molar-refractivity contribution in [1.82, 2.24) is 15.1 Å². The van der Waals surface area contributed by atoms with Crippen molar-refractivity contribution in [2.45, 2.75) is 18.0 Å². The molecule has 0 spiro atoms. The largest absolute Gasteiger partial charge is 0.458 e. The minimum Gasteiger partial charge on any atom is -0.458 e. The first kappa shape index (κ1) is 15.2. The molecular formula is C17H17N3O3S. The first-order chi connectivity index (χ1) is 11.6. The van der Waals surface area contributed by atoms with Crippen molar-refractivity contribution >= 4 is 9.84 Å². The van der Waals surface area contributed by atoms with E-state index in [4.69, 9.17) is 4.42 Å². The highest BCUT2D eigenvalue weighted by atomic mass is 32.2. The SMILES string of the molecule is O=S1(=O)CCN(Cc2ccc(-c3ccn[nH]3)o2)Cc2ccccc21. The minimum absolute atomic E-state index is 0.123. The van der Waals surface area contributed by atoms with E-state index in [0.717, 1.165) is 22.8 Å². The molecule has 0 atom stereocenters. The summed E-state index contributed by atoms with van der Waals surface area (Å²) in [4.78, 5) is 2.55. The Morgan fingerprint density at radius 2 is 2.04 bits per heavy atom. The molecule has 0 aliphatic carbocycles. The number of nitrogens with zero attached hydrogens (tertiary/aromatic N) is 2. The van der Waals surface area contributed by atoms with Gasteiger partial charge in [0.15, 0.2) is 15.6 Å². The maximum absolute atomic E-state index is 12.4. The topological polar surface area (TPSA) is 79.2 Å². The van der Waals surface area contributed by atoms with Crippen LogP contribution in [0.25, 0.3) is 11.5 Å². The minimum atomic E-state index is -3.22. The van der Waals surface area contributed by atoms with Gasteiger partial charge in [-0.15, -0.1) is 0 Å². The van der Waals surface area contributed by atoms with Gasteiger partial charge in [0, 0.05) is 19.3 Å². The number of sulfone groups is 1. The molecule has 24 heavy (non-hydrogen) atoms. The summed E-state index contributed by atoms with van der Waals surface area (Å²) in [6.07, 6.45) is 1.67. The van der Waals surface area contributed by atoms with Crippen LogP contribution in [0.2, 0.25) is 0 Å². The van der Waals surface area contributed by atoms with Gasteiger partial charge in [0.1, 0.15) is 11.5 Å². The number of hydrogen-bond donors (Lipinski definition) is 1. The van der Waals surface area contributed by atoms with Crippen molar-refractivity contribution in [3.05, 3.63) is 60.0 Å². The zero-order chi connectivity index (χ0) is 16.6. The van der Waals surface area contributed by atoms with Crippen LogP contribution in [0.4, 0.5) is 0 Å². The third-order valence-corrected chi connectivity index (χ3v) is 5.97. The Morgan fingerprint density at radius 1 is 1.17 bits per heavy atom. The third kappa shape index (κ3) is 2.88. The second kappa shape index (κ2) is 5.92. The zero-order valence-corrected chi connectivity index (χ0v) is 13.8. The van der Waals surface area contributed by atoms with E-state index in [0.29, 0.717) is 24.5 Å². The van der Waals surface area contributed by atoms with Crippen LogP contribution in [0.1, 0.15) is 11.3 Å². The van der Waals surface area contributed by atoms with Crippen molar-refractivity contribution in [2.24, 2.45) is 0 Å². The van der Waals surface area contributed by atoms with Gasteiger partial charge in [-0.1, -0.05) is 18.2 Å². The van der Waals surface area contributed by atoms with E-state index in [9.17, 15) is 8.42 Å². The van der Waals surface area contributed by atoms with Crippen LogP contribution >= 0.6 is 0 Å². The number of aromatic nitrogens is 2. The molecule has 3 aromatic rings. The number of H-pyrrole nitrogens is 1. The van der Waals surface area contributed by atoms with Crippen molar-refractivity contribution in [3.63, 3.8) is 0 Å². The van der Waals surface area contributed by atoms with Gasteiger partial charge in [-0.05, 0) is 29.8 Å². The summed E-state index contributed by atoms with van der Waals surface area (Å²) in [7, 11) is -3.22. The molecule has 6 nitrogen and oxygen atoms in total. The van der Waals surface area contributed by atoms with Crippen LogP contribution in [0.15, 0.2) is 58.0 Å². The highest BCUT2D eigenvalue weighted by Gasteiger charge is 2.25. The van der Waals surface area contributed by atoms with E-state index in [-0.39, 0.29) is 5.75 Å². The number of furan rings is 1. The summed E-state index contributed by atoms with van der Waals surface area (Å²) in [5.41, 5.74) is 1.67. The lowest BCUT2D eigenvalue weighted by Crippen LogP contribution is -2.25. The Hall–Kier alpha value is -2.38. The Morgan fingerprint density at radius 3 is 2.88 bits per heavy atom. The summed E-state index contributed by atoms with van der Waals surface area (Å²) in [6.45, 7) is 1.64. The molecule has 1 N–H and O–H groups in total.